The van der Waals surface area contributed by atoms with Gasteiger partial charge >= 0.3 is 0 Å². The van der Waals surface area contributed by atoms with Gasteiger partial charge in [-0.05, 0) is 49.9 Å². The van der Waals surface area contributed by atoms with Crippen molar-refractivity contribution in [3.05, 3.63) is 64.5 Å². The van der Waals surface area contributed by atoms with Gasteiger partial charge in [0.1, 0.15) is 6.10 Å². The first-order valence-corrected chi connectivity index (χ1v) is 9.62. The Balaban J connectivity index is 0.00000280. The number of hydrogen-bond donors (Lipinski definition) is 1. The predicted molar refractivity (Wildman–Crippen MR) is 126 cm³/mol. The highest BCUT2D eigenvalue weighted by Gasteiger charge is 2.25. The van der Waals surface area contributed by atoms with E-state index in [9.17, 15) is 0 Å². The molecule has 3 rings (SSSR count). The van der Waals surface area contributed by atoms with E-state index in [4.69, 9.17) is 4.74 Å². The molecule has 0 amide bonds. The van der Waals surface area contributed by atoms with Crippen LogP contribution in [-0.4, -0.2) is 49.1 Å². The number of aliphatic imine (C=N–C) groups is 1. The van der Waals surface area contributed by atoms with E-state index in [1.165, 1.54) is 22.3 Å². The summed E-state index contributed by atoms with van der Waals surface area (Å²) in [5, 5.41) is 3.49. The molecule has 1 unspecified atom stereocenters. The summed E-state index contributed by atoms with van der Waals surface area (Å²) in [5.74, 6) is 0.938. The second-order valence-electron chi connectivity index (χ2n) is 7.20. The van der Waals surface area contributed by atoms with Gasteiger partial charge in [-0.15, -0.1) is 24.0 Å². The third-order valence-electron chi connectivity index (χ3n) is 5.02. The van der Waals surface area contributed by atoms with Gasteiger partial charge in [-0.2, -0.15) is 0 Å². The Hall–Kier alpha value is -1.67. The summed E-state index contributed by atoms with van der Waals surface area (Å²) in [5.41, 5.74) is 6.13. The lowest BCUT2D eigenvalue weighted by Gasteiger charge is -2.35. The SMILES string of the molecule is CN=C(NCCc1ccc(C)nc1)N1CCOC(c2ccc(C)cc2C)C1.I. The fourth-order valence-electron chi connectivity index (χ4n) is 3.51. The molecule has 0 spiro atoms. The molecular formula is C22H31IN4O. The summed E-state index contributed by atoms with van der Waals surface area (Å²) in [6.07, 6.45) is 2.96. The smallest absolute Gasteiger partial charge is 0.193 e. The van der Waals surface area contributed by atoms with E-state index in [2.05, 4.69) is 64.4 Å². The molecule has 1 aliphatic heterocycles. The topological polar surface area (TPSA) is 49.8 Å². The molecule has 2 heterocycles. The van der Waals surface area contributed by atoms with Crippen LogP contribution in [0.4, 0.5) is 0 Å². The number of ether oxygens (including phenoxy) is 1. The van der Waals surface area contributed by atoms with Crippen LogP contribution in [0.25, 0.3) is 0 Å². The molecule has 5 nitrogen and oxygen atoms in total. The molecule has 0 saturated carbocycles. The first-order chi connectivity index (χ1) is 13.1. The van der Waals surface area contributed by atoms with Crippen molar-refractivity contribution in [2.45, 2.75) is 33.3 Å². The van der Waals surface area contributed by atoms with E-state index in [0.717, 1.165) is 37.7 Å². The van der Waals surface area contributed by atoms with Gasteiger partial charge in [0.15, 0.2) is 5.96 Å². The highest BCUT2D eigenvalue weighted by Crippen LogP contribution is 2.25. The fourth-order valence-corrected chi connectivity index (χ4v) is 3.51. The summed E-state index contributed by atoms with van der Waals surface area (Å²) in [6.45, 7) is 9.51. The van der Waals surface area contributed by atoms with Gasteiger partial charge < -0.3 is 15.0 Å². The first kappa shape index (κ1) is 22.6. The number of morpholine rings is 1. The molecule has 1 saturated heterocycles. The summed E-state index contributed by atoms with van der Waals surface area (Å²) < 4.78 is 6.06. The number of rotatable bonds is 4. The van der Waals surface area contributed by atoms with Gasteiger partial charge in [-0.3, -0.25) is 9.98 Å². The Morgan fingerprint density at radius 3 is 2.75 bits per heavy atom. The van der Waals surface area contributed by atoms with Crippen molar-refractivity contribution < 1.29 is 4.74 Å². The molecule has 2 aromatic rings. The van der Waals surface area contributed by atoms with Crippen molar-refractivity contribution in [3.63, 3.8) is 0 Å². The highest BCUT2D eigenvalue weighted by atomic mass is 127. The first-order valence-electron chi connectivity index (χ1n) is 9.62. The number of halogens is 1. The van der Waals surface area contributed by atoms with E-state index in [1.807, 2.05) is 20.2 Å². The number of aromatic nitrogens is 1. The lowest BCUT2D eigenvalue weighted by molar-refractivity contribution is -0.00830. The van der Waals surface area contributed by atoms with Crippen molar-refractivity contribution in [1.82, 2.24) is 15.2 Å². The van der Waals surface area contributed by atoms with E-state index in [0.29, 0.717) is 6.61 Å². The maximum absolute atomic E-state index is 6.06. The van der Waals surface area contributed by atoms with Gasteiger partial charge in [0.25, 0.3) is 0 Å². The summed E-state index contributed by atoms with van der Waals surface area (Å²) in [7, 11) is 1.84. The number of aryl methyl sites for hydroxylation is 3. The maximum Gasteiger partial charge on any atom is 0.193 e. The summed E-state index contributed by atoms with van der Waals surface area (Å²) >= 11 is 0. The van der Waals surface area contributed by atoms with Crippen LogP contribution in [0.5, 0.6) is 0 Å². The fraction of sp³-hybridized carbons (Fsp3) is 0.455. The molecule has 1 aromatic carbocycles. The van der Waals surface area contributed by atoms with Crippen molar-refractivity contribution in [3.8, 4) is 0 Å². The zero-order chi connectivity index (χ0) is 19.2. The van der Waals surface area contributed by atoms with E-state index >= 15 is 0 Å². The Morgan fingerprint density at radius 2 is 2.07 bits per heavy atom. The van der Waals surface area contributed by atoms with Crippen LogP contribution in [0.15, 0.2) is 41.5 Å². The van der Waals surface area contributed by atoms with E-state index in [-0.39, 0.29) is 30.1 Å². The molecular weight excluding hydrogens is 463 g/mol. The van der Waals surface area contributed by atoms with Crippen molar-refractivity contribution >= 4 is 29.9 Å². The van der Waals surface area contributed by atoms with Crippen molar-refractivity contribution in [2.75, 3.05) is 33.3 Å². The maximum atomic E-state index is 6.06. The van der Waals surface area contributed by atoms with Crippen LogP contribution in [0, 0.1) is 20.8 Å². The van der Waals surface area contributed by atoms with E-state index in [1.54, 1.807) is 0 Å². The molecule has 152 valence electrons. The molecule has 1 N–H and O–H groups in total. The van der Waals surface area contributed by atoms with Crippen LogP contribution in [0.3, 0.4) is 0 Å². The van der Waals surface area contributed by atoms with Crippen LogP contribution < -0.4 is 5.32 Å². The number of nitrogens with zero attached hydrogens (tertiary/aromatic N) is 3. The third kappa shape index (κ3) is 5.91. The predicted octanol–water partition coefficient (Wildman–Crippen LogP) is 3.82. The standard InChI is InChI=1S/C22H30N4O.HI/c1-16-5-8-20(17(2)13-16)21-15-26(11-12-27-21)22(23-4)24-10-9-19-7-6-18(3)25-14-19;/h5-8,13-14,21H,9-12,15H2,1-4H3,(H,23,24);1H. The average Bonchev–Trinajstić information content (AvgIpc) is 2.67. The molecule has 0 aliphatic carbocycles. The molecule has 1 fully saturated rings. The molecule has 0 radical (unpaired) electrons. The zero-order valence-corrected chi connectivity index (χ0v) is 19.6. The average molecular weight is 494 g/mol. The number of benzene rings is 1. The lowest BCUT2D eigenvalue weighted by atomic mass is 10.00. The molecule has 1 aliphatic rings. The Bertz CT molecular complexity index is 792. The van der Waals surface area contributed by atoms with Gasteiger partial charge in [-0.25, -0.2) is 0 Å². The number of guanidine groups is 1. The van der Waals surface area contributed by atoms with E-state index < -0.39 is 0 Å². The van der Waals surface area contributed by atoms with Crippen molar-refractivity contribution in [2.24, 2.45) is 4.99 Å². The van der Waals surface area contributed by atoms with Gasteiger partial charge in [0.2, 0.25) is 0 Å². The highest BCUT2D eigenvalue weighted by molar-refractivity contribution is 14.0. The van der Waals surface area contributed by atoms with Gasteiger partial charge in [0.05, 0.1) is 13.2 Å². The zero-order valence-electron chi connectivity index (χ0n) is 17.2. The van der Waals surface area contributed by atoms with Crippen molar-refractivity contribution in [1.29, 1.82) is 0 Å². The van der Waals surface area contributed by atoms with Gasteiger partial charge in [0, 0.05) is 32.0 Å². The molecule has 1 atom stereocenters. The van der Waals surface area contributed by atoms with Crippen LogP contribution in [0.1, 0.15) is 34.1 Å². The third-order valence-corrected chi connectivity index (χ3v) is 5.02. The second-order valence-corrected chi connectivity index (χ2v) is 7.20. The minimum atomic E-state index is 0. The largest absolute Gasteiger partial charge is 0.370 e. The van der Waals surface area contributed by atoms with Crippen LogP contribution in [-0.2, 0) is 11.2 Å². The Morgan fingerprint density at radius 1 is 1.25 bits per heavy atom. The van der Waals surface area contributed by atoms with Crippen LogP contribution in [0.2, 0.25) is 0 Å². The second kappa shape index (κ2) is 10.8. The summed E-state index contributed by atoms with van der Waals surface area (Å²) in [6, 6.07) is 10.8. The minimum absolute atomic E-state index is 0. The number of nitrogens with one attached hydrogen (secondary N) is 1. The molecule has 6 heteroatoms. The molecule has 28 heavy (non-hydrogen) atoms. The normalized spacial score (nSPS) is 17.2. The number of pyridine rings is 1. The minimum Gasteiger partial charge on any atom is -0.370 e. The Kier molecular flexibility index (Phi) is 8.69. The lowest BCUT2D eigenvalue weighted by Crippen LogP contribution is -2.48. The summed E-state index contributed by atoms with van der Waals surface area (Å²) in [4.78, 5) is 11.1. The number of hydrogen-bond acceptors (Lipinski definition) is 3. The monoisotopic (exact) mass is 494 g/mol. The molecule has 0 bridgehead atoms. The quantitative estimate of drug-likeness (QED) is 0.399. The Labute approximate surface area is 185 Å². The van der Waals surface area contributed by atoms with Gasteiger partial charge in [-0.1, -0.05) is 29.8 Å². The molecule has 1 aromatic heterocycles. The van der Waals surface area contributed by atoms with Crippen LogP contribution >= 0.6 is 24.0 Å².